The summed E-state index contributed by atoms with van der Waals surface area (Å²) in [6.07, 6.45) is 1.36. The van der Waals surface area contributed by atoms with E-state index in [0.717, 1.165) is 16.5 Å². The van der Waals surface area contributed by atoms with Gasteiger partial charge in [-0.2, -0.15) is 0 Å². The van der Waals surface area contributed by atoms with Crippen LogP contribution in [-0.2, 0) is 6.42 Å². The lowest BCUT2D eigenvalue weighted by Gasteiger charge is -2.37. The average Bonchev–Trinajstić information content (AvgIpc) is 3.11. The highest BCUT2D eigenvalue weighted by Gasteiger charge is 2.38. The molecule has 0 unspecified atom stereocenters. The van der Waals surface area contributed by atoms with E-state index in [1.807, 2.05) is 29.2 Å². The number of rotatable bonds is 9. The minimum atomic E-state index is -1.94. The lowest BCUT2D eigenvalue weighted by Crippen LogP contribution is -2.49. The van der Waals surface area contributed by atoms with E-state index in [4.69, 9.17) is 4.74 Å². The predicted molar refractivity (Wildman–Crippen MR) is 134 cm³/mol. The van der Waals surface area contributed by atoms with E-state index in [2.05, 4.69) is 4.98 Å². The molecule has 3 aromatic rings. The maximum atomic E-state index is 15.7. The standard InChI is InChI=1S/C28H33F4N3O2/c1-28(32,17-36)16-35-8-4-6-21-20-5-2-3-7-24(20)33-26(21)27(35)25-22(30)11-19(12-23(25)31)37-10-9-34-14-18(13-29)15-34/h2-3,5,7,11-12,18,27,33,36H,4,6,8-10,13-17H2,1H3/t27-,28+/m1/s1. The molecule has 9 heteroatoms. The maximum Gasteiger partial charge on any atom is 0.143 e. The first-order chi connectivity index (χ1) is 17.8. The van der Waals surface area contributed by atoms with E-state index in [9.17, 15) is 9.50 Å². The minimum Gasteiger partial charge on any atom is -0.492 e. The third-order valence-corrected chi connectivity index (χ3v) is 7.47. The Morgan fingerprint density at radius 1 is 1.16 bits per heavy atom. The van der Waals surface area contributed by atoms with Gasteiger partial charge in [0.1, 0.15) is 29.7 Å². The molecule has 0 spiro atoms. The monoisotopic (exact) mass is 519 g/mol. The maximum absolute atomic E-state index is 15.7. The van der Waals surface area contributed by atoms with Crippen LogP contribution in [0, 0.1) is 17.6 Å². The topological polar surface area (TPSA) is 51.7 Å². The molecule has 0 radical (unpaired) electrons. The van der Waals surface area contributed by atoms with Crippen molar-refractivity contribution in [1.82, 2.24) is 14.8 Å². The Morgan fingerprint density at radius 2 is 1.89 bits per heavy atom. The lowest BCUT2D eigenvalue weighted by atomic mass is 9.96. The van der Waals surface area contributed by atoms with Crippen molar-refractivity contribution >= 4 is 10.9 Å². The highest BCUT2D eigenvalue weighted by molar-refractivity contribution is 5.85. The van der Waals surface area contributed by atoms with Crippen molar-refractivity contribution < 1.29 is 27.4 Å². The number of nitrogens with zero attached hydrogens (tertiary/aromatic N) is 2. The van der Waals surface area contributed by atoms with Gasteiger partial charge < -0.3 is 14.8 Å². The number of ether oxygens (including phenoxy) is 1. The molecule has 3 heterocycles. The second-order valence-electron chi connectivity index (χ2n) is 10.5. The fourth-order valence-corrected chi connectivity index (χ4v) is 5.62. The van der Waals surface area contributed by atoms with Gasteiger partial charge in [-0.3, -0.25) is 14.2 Å². The Labute approximate surface area is 214 Å². The van der Waals surface area contributed by atoms with Gasteiger partial charge in [0.15, 0.2) is 0 Å². The van der Waals surface area contributed by atoms with Gasteiger partial charge in [-0.15, -0.1) is 0 Å². The van der Waals surface area contributed by atoms with Crippen molar-refractivity contribution in [3.8, 4) is 5.75 Å². The molecule has 2 aromatic carbocycles. The van der Waals surface area contributed by atoms with Crippen molar-refractivity contribution in [1.29, 1.82) is 0 Å². The number of hydrogen-bond acceptors (Lipinski definition) is 4. The van der Waals surface area contributed by atoms with E-state index in [-0.39, 0.29) is 37.1 Å². The minimum absolute atomic E-state index is 0.0586. The van der Waals surface area contributed by atoms with Crippen LogP contribution in [-0.4, -0.2) is 78.2 Å². The number of nitrogens with one attached hydrogen (secondary N) is 1. The van der Waals surface area contributed by atoms with E-state index in [1.165, 1.54) is 19.1 Å². The van der Waals surface area contributed by atoms with Crippen LogP contribution in [0.2, 0.25) is 0 Å². The number of likely N-dealkylation sites (tertiary alicyclic amines) is 1. The molecular formula is C28H33F4N3O2. The number of para-hydroxylation sites is 1. The third kappa shape index (κ3) is 5.35. The Kier molecular flexibility index (Phi) is 7.47. The number of benzene rings is 2. The van der Waals surface area contributed by atoms with Crippen LogP contribution in [0.1, 0.15) is 36.2 Å². The molecule has 2 aliphatic heterocycles. The van der Waals surface area contributed by atoms with E-state index in [0.29, 0.717) is 44.7 Å². The fraction of sp³-hybridized carbons (Fsp3) is 0.500. The van der Waals surface area contributed by atoms with Crippen LogP contribution in [0.3, 0.4) is 0 Å². The third-order valence-electron chi connectivity index (χ3n) is 7.47. The number of fused-ring (bicyclic) bond motifs is 3. The summed E-state index contributed by atoms with van der Waals surface area (Å²) in [6.45, 7) is 2.58. The zero-order valence-corrected chi connectivity index (χ0v) is 21.0. The Morgan fingerprint density at radius 3 is 2.59 bits per heavy atom. The zero-order chi connectivity index (χ0) is 26.2. The van der Waals surface area contributed by atoms with Crippen molar-refractivity contribution in [2.75, 3.05) is 52.6 Å². The van der Waals surface area contributed by atoms with Crippen molar-refractivity contribution in [3.05, 3.63) is 64.9 Å². The van der Waals surface area contributed by atoms with E-state index < -0.39 is 30.0 Å². The first-order valence-corrected chi connectivity index (χ1v) is 12.8. The molecule has 2 atom stereocenters. The molecule has 2 aliphatic rings. The first kappa shape index (κ1) is 26.0. The van der Waals surface area contributed by atoms with E-state index >= 15 is 13.2 Å². The number of aromatic nitrogens is 1. The number of alkyl halides is 2. The van der Waals surface area contributed by atoms with Crippen molar-refractivity contribution in [3.63, 3.8) is 0 Å². The van der Waals surface area contributed by atoms with Crippen LogP contribution < -0.4 is 4.74 Å². The summed E-state index contributed by atoms with van der Waals surface area (Å²) in [5.41, 5.74) is 0.339. The number of aromatic amines is 1. The summed E-state index contributed by atoms with van der Waals surface area (Å²) in [7, 11) is 0. The van der Waals surface area contributed by atoms with Gasteiger partial charge in [0, 0.05) is 66.4 Å². The SMILES string of the molecule is C[C@@](F)(CO)CN1CCCc2c([nH]c3ccccc23)[C@H]1c1c(F)cc(OCCN2CC(CF)C2)cc1F. The number of aliphatic hydroxyl groups is 1. The Hall–Kier alpha value is -2.62. The summed E-state index contributed by atoms with van der Waals surface area (Å²) >= 11 is 0. The van der Waals surface area contributed by atoms with Gasteiger partial charge in [-0.1, -0.05) is 18.2 Å². The van der Waals surface area contributed by atoms with Crippen LogP contribution in [0.15, 0.2) is 36.4 Å². The number of aliphatic hydroxyl groups excluding tert-OH is 1. The lowest BCUT2D eigenvalue weighted by molar-refractivity contribution is 0.0366. The van der Waals surface area contributed by atoms with Gasteiger partial charge >= 0.3 is 0 Å². The van der Waals surface area contributed by atoms with Crippen LogP contribution in [0.4, 0.5) is 17.6 Å². The van der Waals surface area contributed by atoms with Crippen molar-refractivity contribution in [2.45, 2.75) is 31.5 Å². The molecular weight excluding hydrogens is 486 g/mol. The van der Waals surface area contributed by atoms with Crippen molar-refractivity contribution in [2.24, 2.45) is 5.92 Å². The molecule has 1 saturated heterocycles. The molecule has 2 N–H and O–H groups in total. The summed E-state index contributed by atoms with van der Waals surface area (Å²) in [4.78, 5) is 7.09. The van der Waals surface area contributed by atoms with E-state index in [1.54, 1.807) is 4.90 Å². The Bertz CT molecular complexity index is 1220. The first-order valence-electron chi connectivity index (χ1n) is 12.8. The quantitative estimate of drug-likeness (QED) is 0.400. The fourth-order valence-electron chi connectivity index (χ4n) is 5.62. The number of hydrogen-bond donors (Lipinski definition) is 2. The molecule has 37 heavy (non-hydrogen) atoms. The number of halogens is 4. The highest BCUT2D eigenvalue weighted by atomic mass is 19.1. The second kappa shape index (κ2) is 10.6. The van der Waals surface area contributed by atoms with Crippen LogP contribution >= 0.6 is 0 Å². The molecule has 0 amide bonds. The number of aryl methyl sites for hydroxylation is 1. The normalized spacial score (nSPS) is 20.9. The summed E-state index contributed by atoms with van der Waals surface area (Å²) in [5.74, 6) is -1.42. The van der Waals surface area contributed by atoms with Gasteiger partial charge in [-0.25, -0.2) is 13.2 Å². The Balaban J connectivity index is 1.47. The molecule has 0 bridgehead atoms. The molecule has 1 fully saturated rings. The zero-order valence-electron chi connectivity index (χ0n) is 21.0. The second-order valence-corrected chi connectivity index (χ2v) is 10.5. The van der Waals surface area contributed by atoms with Gasteiger partial charge in [0.2, 0.25) is 0 Å². The average molecular weight is 520 g/mol. The summed E-state index contributed by atoms with van der Waals surface area (Å²) in [6, 6.07) is 9.14. The van der Waals surface area contributed by atoms with Crippen LogP contribution in [0.5, 0.6) is 5.75 Å². The predicted octanol–water partition coefficient (Wildman–Crippen LogP) is 4.78. The largest absolute Gasteiger partial charge is 0.492 e. The highest BCUT2D eigenvalue weighted by Crippen LogP contribution is 2.41. The summed E-state index contributed by atoms with van der Waals surface area (Å²) < 4.78 is 64.6. The van der Waals surface area contributed by atoms with Gasteiger partial charge in [-0.05, 0) is 37.9 Å². The number of H-pyrrole nitrogens is 1. The molecule has 5 nitrogen and oxygen atoms in total. The molecule has 200 valence electrons. The smallest absolute Gasteiger partial charge is 0.143 e. The molecule has 1 aromatic heterocycles. The van der Waals surface area contributed by atoms with Crippen LogP contribution in [0.25, 0.3) is 10.9 Å². The summed E-state index contributed by atoms with van der Waals surface area (Å²) in [5, 5.41) is 10.6. The molecule has 0 aliphatic carbocycles. The molecule has 5 rings (SSSR count). The molecule has 0 saturated carbocycles. The van der Waals surface area contributed by atoms with Gasteiger partial charge in [0.25, 0.3) is 0 Å². The van der Waals surface area contributed by atoms with Gasteiger partial charge in [0.05, 0.1) is 19.3 Å².